The van der Waals surface area contributed by atoms with Gasteiger partial charge in [0.25, 0.3) is 5.91 Å². The Kier molecular flexibility index (Phi) is 4.98. The van der Waals surface area contributed by atoms with Crippen LogP contribution in [0.4, 0.5) is 5.69 Å². The molecule has 0 spiro atoms. The number of amides is 1. The second-order valence-corrected chi connectivity index (χ2v) is 7.07. The second-order valence-electron chi connectivity index (χ2n) is 6.22. The van der Waals surface area contributed by atoms with E-state index >= 15 is 0 Å². The van der Waals surface area contributed by atoms with E-state index < -0.39 is 5.76 Å². The molecule has 2 aromatic carbocycles. The van der Waals surface area contributed by atoms with Gasteiger partial charge in [0, 0.05) is 12.1 Å². The number of hydrogen-bond acceptors (Lipinski definition) is 7. The minimum Gasteiger partial charge on any atom is -0.388 e. The van der Waals surface area contributed by atoms with Gasteiger partial charge in [0.2, 0.25) is 11.7 Å². The molecular formula is C19H17N5O3S. The van der Waals surface area contributed by atoms with Crippen LogP contribution in [0.1, 0.15) is 11.1 Å². The van der Waals surface area contributed by atoms with E-state index in [1.807, 2.05) is 49.4 Å². The van der Waals surface area contributed by atoms with E-state index in [2.05, 4.69) is 25.2 Å². The monoisotopic (exact) mass is 395 g/mol. The van der Waals surface area contributed by atoms with Crippen molar-refractivity contribution in [3.63, 3.8) is 0 Å². The third-order valence-corrected chi connectivity index (χ3v) is 5.03. The number of carbonyl (C=O) groups excluding carboxylic acids is 1. The van der Waals surface area contributed by atoms with E-state index in [0.717, 1.165) is 21.7 Å². The first-order chi connectivity index (χ1) is 13.6. The van der Waals surface area contributed by atoms with Crippen molar-refractivity contribution >= 4 is 29.4 Å². The third-order valence-electron chi connectivity index (χ3n) is 4.19. The third kappa shape index (κ3) is 3.84. The minimum atomic E-state index is -0.604. The van der Waals surface area contributed by atoms with Gasteiger partial charge in [-0.3, -0.25) is 4.79 Å². The van der Waals surface area contributed by atoms with Gasteiger partial charge in [-0.05, 0) is 54.6 Å². The highest BCUT2D eigenvalue weighted by Crippen LogP contribution is 2.31. The molecule has 4 rings (SSSR count). The van der Waals surface area contributed by atoms with E-state index in [9.17, 15) is 9.59 Å². The summed E-state index contributed by atoms with van der Waals surface area (Å²) in [6, 6.07) is 13.3. The molecule has 1 aliphatic rings. The lowest BCUT2D eigenvalue weighted by Gasteiger charge is -2.16. The number of rotatable bonds is 5. The molecule has 0 atom stereocenters. The number of nitrogens with zero attached hydrogens (tertiary/aromatic N) is 2. The van der Waals surface area contributed by atoms with Crippen molar-refractivity contribution in [1.82, 2.24) is 20.2 Å². The van der Waals surface area contributed by atoms with Crippen LogP contribution < -0.4 is 15.8 Å². The van der Waals surface area contributed by atoms with Crippen LogP contribution in [0.2, 0.25) is 0 Å². The summed E-state index contributed by atoms with van der Waals surface area (Å²) in [4.78, 5) is 29.0. The van der Waals surface area contributed by atoms with Crippen LogP contribution in [0.25, 0.3) is 11.5 Å². The van der Waals surface area contributed by atoms with Crippen LogP contribution in [0, 0.1) is 6.92 Å². The molecule has 0 radical (unpaired) electrons. The number of fused-ring (bicyclic) bond motifs is 1. The first-order valence-electron chi connectivity index (χ1n) is 8.64. The number of aromatic nitrogens is 2. The molecule has 9 heteroatoms. The van der Waals surface area contributed by atoms with Gasteiger partial charge in [-0.2, -0.15) is 0 Å². The molecule has 0 fully saturated rings. The topological polar surface area (TPSA) is 112 Å². The molecule has 0 saturated carbocycles. The fourth-order valence-corrected chi connectivity index (χ4v) is 3.63. The molecule has 8 nitrogen and oxygen atoms in total. The maximum absolute atomic E-state index is 12.4. The molecule has 142 valence electrons. The normalized spacial score (nSPS) is 12.7. The number of aryl methyl sites for hydroxylation is 1. The van der Waals surface area contributed by atoms with Gasteiger partial charge >= 0.3 is 5.76 Å². The Hall–Kier alpha value is -3.33. The SMILES string of the molecule is Cc1ccc2c(c1)SNC(C(=O)NCCc1ccccc1-c1n[nH]c(=O)o1)=N2. The Balaban J connectivity index is 1.42. The quantitative estimate of drug-likeness (QED) is 0.572. The predicted molar refractivity (Wildman–Crippen MR) is 107 cm³/mol. The summed E-state index contributed by atoms with van der Waals surface area (Å²) < 4.78 is 8.01. The molecule has 2 heterocycles. The number of aliphatic imine (C=N–C) groups is 1. The fourth-order valence-electron chi connectivity index (χ4n) is 2.83. The summed E-state index contributed by atoms with van der Waals surface area (Å²) in [5.41, 5.74) is 3.54. The van der Waals surface area contributed by atoms with Gasteiger partial charge in [-0.25, -0.2) is 14.9 Å². The summed E-state index contributed by atoms with van der Waals surface area (Å²) >= 11 is 1.38. The molecular weight excluding hydrogens is 378 g/mol. The summed E-state index contributed by atoms with van der Waals surface area (Å²) in [5.74, 6) is -0.378. The van der Waals surface area contributed by atoms with Gasteiger partial charge in [0.15, 0.2) is 0 Å². The van der Waals surface area contributed by atoms with Gasteiger partial charge < -0.3 is 14.5 Å². The second kappa shape index (κ2) is 7.73. The molecule has 0 unspecified atom stereocenters. The number of amidine groups is 1. The van der Waals surface area contributed by atoms with Gasteiger partial charge in [0.05, 0.1) is 10.6 Å². The standard InChI is InChI=1S/C19H17N5O3S/c1-11-6-7-14-15(10-11)28-24-16(21-14)17(25)20-9-8-12-4-2-3-5-13(12)18-22-23-19(26)27-18/h2-7,10H,8-9H2,1H3,(H,20,25)(H,21,24)(H,23,26). The minimum absolute atomic E-state index is 0.230. The highest BCUT2D eigenvalue weighted by atomic mass is 32.2. The van der Waals surface area contributed by atoms with Crippen molar-refractivity contribution in [1.29, 1.82) is 0 Å². The Morgan fingerprint density at radius 1 is 1.25 bits per heavy atom. The van der Waals surface area contributed by atoms with E-state index in [-0.39, 0.29) is 17.6 Å². The molecule has 3 aromatic rings. The first-order valence-corrected chi connectivity index (χ1v) is 9.46. The van der Waals surface area contributed by atoms with Crippen molar-refractivity contribution in [3.05, 3.63) is 64.1 Å². The zero-order chi connectivity index (χ0) is 19.5. The largest absolute Gasteiger partial charge is 0.434 e. The van der Waals surface area contributed by atoms with Gasteiger partial charge in [-0.1, -0.05) is 24.3 Å². The molecule has 28 heavy (non-hydrogen) atoms. The maximum Gasteiger partial charge on any atom is 0.434 e. The van der Waals surface area contributed by atoms with Crippen LogP contribution in [0.3, 0.4) is 0 Å². The number of hydrogen-bond donors (Lipinski definition) is 3. The van der Waals surface area contributed by atoms with Crippen LogP contribution in [0.15, 0.2) is 61.6 Å². The lowest BCUT2D eigenvalue weighted by molar-refractivity contribution is -0.114. The predicted octanol–water partition coefficient (Wildman–Crippen LogP) is 2.34. The Morgan fingerprint density at radius 3 is 2.93 bits per heavy atom. The smallest absolute Gasteiger partial charge is 0.388 e. The number of H-pyrrole nitrogens is 1. The number of benzene rings is 2. The average Bonchev–Trinajstić information content (AvgIpc) is 3.14. The summed E-state index contributed by atoms with van der Waals surface area (Å²) in [7, 11) is 0. The van der Waals surface area contributed by atoms with Crippen molar-refractivity contribution < 1.29 is 9.21 Å². The average molecular weight is 395 g/mol. The van der Waals surface area contributed by atoms with E-state index in [1.165, 1.54) is 11.9 Å². The molecule has 0 saturated heterocycles. The molecule has 3 N–H and O–H groups in total. The Labute approximate surface area is 164 Å². The van der Waals surface area contributed by atoms with Gasteiger partial charge in [0.1, 0.15) is 0 Å². The fraction of sp³-hybridized carbons (Fsp3) is 0.158. The Bertz CT molecular complexity index is 1120. The molecule has 0 aliphatic carbocycles. The van der Waals surface area contributed by atoms with E-state index in [0.29, 0.717) is 18.5 Å². The number of nitrogens with one attached hydrogen (secondary N) is 3. The van der Waals surface area contributed by atoms with Crippen molar-refractivity contribution in [2.75, 3.05) is 6.54 Å². The lowest BCUT2D eigenvalue weighted by atomic mass is 10.0. The molecule has 0 bridgehead atoms. The number of carbonyl (C=O) groups is 1. The van der Waals surface area contributed by atoms with Gasteiger partial charge in [-0.15, -0.1) is 5.10 Å². The van der Waals surface area contributed by atoms with E-state index in [4.69, 9.17) is 4.42 Å². The first kappa shape index (κ1) is 18.1. The highest BCUT2D eigenvalue weighted by Gasteiger charge is 2.18. The van der Waals surface area contributed by atoms with Crippen LogP contribution in [-0.4, -0.2) is 28.5 Å². The lowest BCUT2D eigenvalue weighted by Crippen LogP contribution is -2.39. The van der Waals surface area contributed by atoms with E-state index in [1.54, 1.807) is 0 Å². The summed E-state index contributed by atoms with van der Waals surface area (Å²) in [6.45, 7) is 2.41. The molecule has 1 aliphatic heterocycles. The Morgan fingerprint density at radius 2 is 2.11 bits per heavy atom. The van der Waals surface area contributed by atoms with Crippen molar-refractivity contribution in [2.24, 2.45) is 4.99 Å². The zero-order valence-corrected chi connectivity index (χ0v) is 15.8. The summed E-state index contributed by atoms with van der Waals surface area (Å²) in [6.07, 6.45) is 0.550. The van der Waals surface area contributed by atoms with Crippen molar-refractivity contribution in [3.8, 4) is 11.5 Å². The van der Waals surface area contributed by atoms with Crippen LogP contribution in [0.5, 0.6) is 0 Å². The molecule has 1 amide bonds. The maximum atomic E-state index is 12.4. The summed E-state index contributed by atoms with van der Waals surface area (Å²) in [5, 5.41) is 8.98. The zero-order valence-electron chi connectivity index (χ0n) is 15.0. The van der Waals surface area contributed by atoms with Crippen LogP contribution in [-0.2, 0) is 11.2 Å². The number of aromatic amines is 1. The van der Waals surface area contributed by atoms with Crippen LogP contribution >= 0.6 is 11.9 Å². The van der Waals surface area contributed by atoms with Crippen molar-refractivity contribution in [2.45, 2.75) is 18.2 Å². The molecule has 1 aromatic heterocycles. The highest BCUT2D eigenvalue weighted by molar-refractivity contribution is 7.98.